The second-order valence-electron chi connectivity index (χ2n) is 6.47. The molecule has 0 aromatic heterocycles. The maximum atomic E-state index is 12.4. The first-order valence-corrected chi connectivity index (χ1v) is 8.62. The van der Waals surface area contributed by atoms with Gasteiger partial charge in [-0.25, -0.2) is 0 Å². The normalized spacial score (nSPS) is 13.1. The number of amides is 1. The van der Waals surface area contributed by atoms with Crippen LogP contribution in [0.4, 0.5) is 11.4 Å². The molecule has 3 rings (SSSR count). The van der Waals surface area contributed by atoms with Gasteiger partial charge in [-0.15, -0.1) is 0 Å². The molecular formula is C21H24N2O2. The van der Waals surface area contributed by atoms with Gasteiger partial charge >= 0.3 is 0 Å². The van der Waals surface area contributed by atoms with E-state index in [0.29, 0.717) is 13.2 Å². The van der Waals surface area contributed by atoms with Crippen LogP contribution in [0.25, 0.3) is 0 Å². The Morgan fingerprint density at radius 3 is 2.72 bits per heavy atom. The van der Waals surface area contributed by atoms with Gasteiger partial charge in [0.1, 0.15) is 12.4 Å². The Hall–Kier alpha value is -2.75. The van der Waals surface area contributed by atoms with Gasteiger partial charge in [-0.1, -0.05) is 24.8 Å². The lowest BCUT2D eigenvalue weighted by atomic mass is 10.0. The summed E-state index contributed by atoms with van der Waals surface area (Å²) in [4.78, 5) is 14.5. The number of rotatable bonds is 6. The molecule has 0 aliphatic carbocycles. The van der Waals surface area contributed by atoms with Gasteiger partial charge in [0.25, 0.3) is 0 Å². The van der Waals surface area contributed by atoms with E-state index in [1.54, 1.807) is 0 Å². The lowest BCUT2D eigenvalue weighted by Gasteiger charge is -2.30. The summed E-state index contributed by atoms with van der Waals surface area (Å²) in [6.45, 7) is 7.52. The number of carbonyl (C=O) groups is 1. The number of carbonyl (C=O) groups excluding carboxylic acids is 1. The lowest BCUT2D eigenvalue weighted by molar-refractivity contribution is -0.115. The molecule has 2 aromatic rings. The molecule has 0 unspecified atom stereocenters. The second-order valence-corrected chi connectivity index (χ2v) is 6.47. The van der Waals surface area contributed by atoms with Gasteiger partial charge in [-0.05, 0) is 61.2 Å². The molecule has 0 atom stereocenters. The summed E-state index contributed by atoms with van der Waals surface area (Å²) in [5, 5.41) is 2.96. The number of fused-ring (bicyclic) bond motifs is 1. The highest BCUT2D eigenvalue weighted by atomic mass is 16.5. The lowest BCUT2D eigenvalue weighted by Crippen LogP contribution is -2.36. The summed E-state index contributed by atoms with van der Waals surface area (Å²) in [5.74, 6) is 0.762. The summed E-state index contributed by atoms with van der Waals surface area (Å²) >= 11 is 0. The number of anilines is 2. The fraction of sp³-hybridized carbons (Fsp3) is 0.286. The van der Waals surface area contributed by atoms with Crippen molar-refractivity contribution in [3.63, 3.8) is 0 Å². The zero-order chi connectivity index (χ0) is 17.6. The Kier molecular flexibility index (Phi) is 5.39. The van der Waals surface area contributed by atoms with Gasteiger partial charge in [0, 0.05) is 17.9 Å². The third-order valence-corrected chi connectivity index (χ3v) is 4.16. The number of para-hydroxylation sites is 1. The fourth-order valence-corrected chi connectivity index (χ4v) is 2.99. The van der Waals surface area contributed by atoms with Gasteiger partial charge in [0.15, 0.2) is 0 Å². The number of ether oxygens (including phenoxy) is 1. The van der Waals surface area contributed by atoms with Crippen molar-refractivity contribution in [3.05, 3.63) is 66.2 Å². The van der Waals surface area contributed by atoms with E-state index in [2.05, 4.69) is 35.0 Å². The van der Waals surface area contributed by atoms with Crippen molar-refractivity contribution >= 4 is 17.3 Å². The summed E-state index contributed by atoms with van der Waals surface area (Å²) in [6.07, 6.45) is 2.17. The van der Waals surface area contributed by atoms with Crippen molar-refractivity contribution in [3.8, 4) is 5.75 Å². The minimum atomic E-state index is -0.00712. The zero-order valence-corrected chi connectivity index (χ0v) is 14.6. The molecule has 0 spiro atoms. The topological polar surface area (TPSA) is 41.6 Å². The quantitative estimate of drug-likeness (QED) is 0.810. The fourth-order valence-electron chi connectivity index (χ4n) is 2.99. The maximum absolute atomic E-state index is 12.4. The van der Waals surface area contributed by atoms with Crippen molar-refractivity contribution in [1.82, 2.24) is 0 Å². The van der Waals surface area contributed by atoms with Crippen LogP contribution in [0.2, 0.25) is 0 Å². The summed E-state index contributed by atoms with van der Waals surface area (Å²) in [7, 11) is 0. The van der Waals surface area contributed by atoms with E-state index in [-0.39, 0.29) is 5.91 Å². The number of nitrogens with one attached hydrogen (secondary N) is 1. The molecule has 130 valence electrons. The largest absolute Gasteiger partial charge is 0.489 e. The van der Waals surface area contributed by atoms with E-state index in [0.717, 1.165) is 36.4 Å². The van der Waals surface area contributed by atoms with E-state index in [4.69, 9.17) is 4.74 Å². The summed E-state index contributed by atoms with van der Waals surface area (Å²) in [5.41, 5.74) is 4.24. The Balaban J connectivity index is 1.57. The van der Waals surface area contributed by atoms with Crippen LogP contribution < -0.4 is 15.0 Å². The molecule has 1 aliphatic rings. The maximum Gasteiger partial charge on any atom is 0.243 e. The van der Waals surface area contributed by atoms with Crippen LogP contribution >= 0.6 is 0 Å². The molecular weight excluding hydrogens is 312 g/mol. The van der Waals surface area contributed by atoms with E-state index < -0.39 is 0 Å². The highest BCUT2D eigenvalue weighted by Gasteiger charge is 2.18. The first kappa shape index (κ1) is 17.1. The van der Waals surface area contributed by atoms with E-state index in [9.17, 15) is 4.79 Å². The van der Waals surface area contributed by atoms with Gasteiger partial charge < -0.3 is 15.0 Å². The zero-order valence-electron chi connectivity index (χ0n) is 14.6. The second kappa shape index (κ2) is 7.88. The highest BCUT2D eigenvalue weighted by Crippen LogP contribution is 2.26. The SMILES string of the molecule is C=C(C)COc1ccc(NC(=O)CN2CCCc3ccccc32)cc1. The van der Waals surface area contributed by atoms with E-state index in [1.165, 1.54) is 11.3 Å². The monoisotopic (exact) mass is 336 g/mol. The molecule has 2 aromatic carbocycles. The number of benzene rings is 2. The standard InChI is InChI=1S/C21H24N2O2/c1-16(2)15-25-19-11-9-18(10-12-19)22-21(24)14-23-13-5-7-17-6-3-4-8-20(17)23/h3-4,6,8-12H,1,5,7,13-15H2,2H3,(H,22,24). The van der Waals surface area contributed by atoms with Crippen LogP contribution in [-0.4, -0.2) is 25.6 Å². The average molecular weight is 336 g/mol. The minimum absolute atomic E-state index is 0.00712. The van der Waals surface area contributed by atoms with Gasteiger partial charge in [0.05, 0.1) is 6.54 Å². The van der Waals surface area contributed by atoms with Crippen molar-refractivity contribution < 1.29 is 9.53 Å². The number of aryl methyl sites for hydroxylation is 1. The third-order valence-electron chi connectivity index (χ3n) is 4.16. The molecule has 1 amide bonds. The Morgan fingerprint density at radius 2 is 1.96 bits per heavy atom. The molecule has 0 radical (unpaired) electrons. The number of hydrogen-bond acceptors (Lipinski definition) is 3. The highest BCUT2D eigenvalue weighted by molar-refractivity contribution is 5.94. The minimum Gasteiger partial charge on any atom is -0.489 e. The molecule has 1 aliphatic heterocycles. The van der Waals surface area contributed by atoms with Crippen LogP contribution in [0.3, 0.4) is 0 Å². The van der Waals surface area contributed by atoms with Gasteiger partial charge in [0.2, 0.25) is 5.91 Å². The summed E-state index contributed by atoms with van der Waals surface area (Å²) < 4.78 is 5.57. The van der Waals surface area contributed by atoms with Crippen LogP contribution in [0.15, 0.2) is 60.7 Å². The Morgan fingerprint density at radius 1 is 1.20 bits per heavy atom. The van der Waals surface area contributed by atoms with Crippen molar-refractivity contribution in [2.24, 2.45) is 0 Å². The van der Waals surface area contributed by atoms with Crippen molar-refractivity contribution in [2.75, 3.05) is 29.9 Å². The van der Waals surface area contributed by atoms with E-state index >= 15 is 0 Å². The molecule has 25 heavy (non-hydrogen) atoms. The predicted octanol–water partition coefficient (Wildman–Crippen LogP) is 4.03. The molecule has 0 fully saturated rings. The van der Waals surface area contributed by atoms with Gasteiger partial charge in [-0.2, -0.15) is 0 Å². The molecule has 4 nitrogen and oxygen atoms in total. The van der Waals surface area contributed by atoms with Crippen LogP contribution in [0, 0.1) is 0 Å². The van der Waals surface area contributed by atoms with Gasteiger partial charge in [-0.3, -0.25) is 4.79 Å². The Bertz CT molecular complexity index is 753. The number of hydrogen-bond donors (Lipinski definition) is 1. The van der Waals surface area contributed by atoms with E-state index in [1.807, 2.05) is 37.3 Å². The van der Waals surface area contributed by atoms with Crippen LogP contribution in [-0.2, 0) is 11.2 Å². The molecule has 0 bridgehead atoms. The first-order valence-electron chi connectivity index (χ1n) is 8.62. The summed E-state index contributed by atoms with van der Waals surface area (Å²) in [6, 6.07) is 15.7. The molecule has 0 saturated carbocycles. The molecule has 4 heteroatoms. The van der Waals surface area contributed by atoms with Crippen molar-refractivity contribution in [2.45, 2.75) is 19.8 Å². The molecule has 0 saturated heterocycles. The average Bonchev–Trinajstić information content (AvgIpc) is 2.61. The van der Waals surface area contributed by atoms with Crippen molar-refractivity contribution in [1.29, 1.82) is 0 Å². The van der Waals surface area contributed by atoms with Crippen LogP contribution in [0.5, 0.6) is 5.75 Å². The first-order chi connectivity index (χ1) is 12.1. The number of nitrogens with zero attached hydrogens (tertiary/aromatic N) is 1. The third kappa shape index (κ3) is 4.63. The Labute approximate surface area is 149 Å². The molecule has 1 N–H and O–H groups in total. The molecule has 1 heterocycles. The predicted molar refractivity (Wildman–Crippen MR) is 102 cm³/mol. The van der Waals surface area contributed by atoms with Crippen LogP contribution in [0.1, 0.15) is 18.9 Å². The smallest absolute Gasteiger partial charge is 0.243 e.